The fourth-order valence-corrected chi connectivity index (χ4v) is 1.53. The van der Waals surface area contributed by atoms with Gasteiger partial charge < -0.3 is 9.72 Å². The molecule has 4 heteroatoms. The maximum absolute atomic E-state index is 8.57. The molecule has 2 rings (SSSR count). The first-order valence-electron chi connectivity index (χ1n) is 4.89. The average molecular weight is 213 g/mol. The van der Waals surface area contributed by atoms with Crippen LogP contribution in [0.15, 0.2) is 30.5 Å². The molecule has 1 heterocycles. The van der Waals surface area contributed by atoms with Gasteiger partial charge >= 0.3 is 0 Å². The van der Waals surface area contributed by atoms with E-state index in [-0.39, 0.29) is 6.42 Å². The van der Waals surface area contributed by atoms with E-state index >= 15 is 0 Å². The fraction of sp³-hybridized carbons (Fsp3) is 0.167. The second-order valence-electron chi connectivity index (χ2n) is 3.28. The lowest BCUT2D eigenvalue weighted by atomic mass is 10.1. The molecule has 80 valence electrons. The van der Waals surface area contributed by atoms with Crippen LogP contribution in [0.4, 0.5) is 0 Å². The minimum atomic E-state index is 0.287. The quantitative estimate of drug-likeness (QED) is 0.849. The number of aromatic amines is 1. The van der Waals surface area contributed by atoms with Crippen molar-refractivity contribution in [1.29, 1.82) is 5.26 Å². The van der Waals surface area contributed by atoms with Crippen molar-refractivity contribution in [2.75, 3.05) is 7.11 Å². The molecule has 1 aromatic carbocycles. The first-order chi connectivity index (χ1) is 7.85. The van der Waals surface area contributed by atoms with E-state index in [1.807, 2.05) is 24.3 Å². The van der Waals surface area contributed by atoms with Crippen molar-refractivity contribution in [1.82, 2.24) is 9.97 Å². The lowest BCUT2D eigenvalue weighted by Crippen LogP contribution is -1.88. The van der Waals surface area contributed by atoms with E-state index < -0.39 is 0 Å². The predicted molar refractivity (Wildman–Crippen MR) is 59.9 cm³/mol. The van der Waals surface area contributed by atoms with Gasteiger partial charge in [0.25, 0.3) is 0 Å². The molecule has 16 heavy (non-hydrogen) atoms. The molecule has 0 bridgehead atoms. The molecule has 0 saturated heterocycles. The summed E-state index contributed by atoms with van der Waals surface area (Å²) in [5.74, 6) is 1.46. The highest BCUT2D eigenvalue weighted by Gasteiger charge is 2.07. The fourth-order valence-electron chi connectivity index (χ4n) is 1.53. The van der Waals surface area contributed by atoms with Crippen LogP contribution >= 0.6 is 0 Å². The van der Waals surface area contributed by atoms with Gasteiger partial charge in [0.1, 0.15) is 11.6 Å². The monoisotopic (exact) mass is 213 g/mol. The van der Waals surface area contributed by atoms with E-state index in [9.17, 15) is 0 Å². The molecule has 0 saturated carbocycles. The van der Waals surface area contributed by atoms with Crippen LogP contribution in [0.25, 0.3) is 11.3 Å². The van der Waals surface area contributed by atoms with Crippen molar-refractivity contribution in [3.05, 3.63) is 36.3 Å². The van der Waals surface area contributed by atoms with E-state index in [1.165, 1.54) is 0 Å². The van der Waals surface area contributed by atoms with E-state index in [4.69, 9.17) is 10.00 Å². The first kappa shape index (κ1) is 10.2. The molecule has 0 aliphatic rings. The summed E-state index contributed by atoms with van der Waals surface area (Å²) >= 11 is 0. The highest BCUT2D eigenvalue weighted by molar-refractivity contribution is 5.66. The number of rotatable bonds is 3. The van der Waals surface area contributed by atoms with E-state index in [0.29, 0.717) is 5.82 Å². The third-order valence-corrected chi connectivity index (χ3v) is 2.27. The molecule has 0 unspecified atom stereocenters. The molecule has 0 fully saturated rings. The summed E-state index contributed by atoms with van der Waals surface area (Å²) in [6, 6.07) is 9.73. The number of imidazole rings is 1. The van der Waals surface area contributed by atoms with Gasteiger partial charge in [-0.3, -0.25) is 0 Å². The van der Waals surface area contributed by atoms with Crippen molar-refractivity contribution in [3.8, 4) is 23.1 Å². The van der Waals surface area contributed by atoms with Crippen molar-refractivity contribution in [2.24, 2.45) is 0 Å². The minimum absolute atomic E-state index is 0.287. The predicted octanol–water partition coefficient (Wildman–Crippen LogP) is 2.15. The Labute approximate surface area is 93.5 Å². The summed E-state index contributed by atoms with van der Waals surface area (Å²) in [5.41, 5.74) is 1.81. The minimum Gasteiger partial charge on any atom is -0.496 e. The van der Waals surface area contributed by atoms with Gasteiger partial charge in [-0.15, -0.1) is 0 Å². The molecule has 1 N–H and O–H groups in total. The van der Waals surface area contributed by atoms with E-state index in [1.54, 1.807) is 13.3 Å². The molecule has 2 aromatic rings. The number of benzene rings is 1. The van der Waals surface area contributed by atoms with Crippen molar-refractivity contribution in [2.45, 2.75) is 6.42 Å². The molecule has 0 radical (unpaired) electrons. The number of hydrogen-bond acceptors (Lipinski definition) is 3. The lowest BCUT2D eigenvalue weighted by Gasteiger charge is -2.05. The summed E-state index contributed by atoms with van der Waals surface area (Å²) in [7, 11) is 1.63. The van der Waals surface area contributed by atoms with Crippen LogP contribution in [-0.4, -0.2) is 17.1 Å². The van der Waals surface area contributed by atoms with Gasteiger partial charge in [0.15, 0.2) is 0 Å². The highest BCUT2D eigenvalue weighted by Crippen LogP contribution is 2.27. The summed E-state index contributed by atoms with van der Waals surface area (Å²) in [6.07, 6.45) is 2.00. The largest absolute Gasteiger partial charge is 0.496 e. The smallest absolute Gasteiger partial charge is 0.128 e. The van der Waals surface area contributed by atoms with Crippen LogP contribution < -0.4 is 4.74 Å². The Bertz CT molecular complexity index is 525. The Morgan fingerprint density at radius 2 is 2.25 bits per heavy atom. The normalized spacial score (nSPS) is 9.75. The number of nitrogens with zero attached hydrogens (tertiary/aromatic N) is 2. The maximum Gasteiger partial charge on any atom is 0.128 e. The SMILES string of the molecule is COc1ccccc1-c1cnc(CC#N)[nH]1. The number of nitriles is 1. The second-order valence-corrected chi connectivity index (χ2v) is 3.28. The van der Waals surface area contributed by atoms with Crippen LogP contribution in [0, 0.1) is 11.3 Å². The maximum atomic E-state index is 8.57. The zero-order chi connectivity index (χ0) is 11.4. The number of H-pyrrole nitrogens is 1. The van der Waals surface area contributed by atoms with Gasteiger partial charge in [-0.05, 0) is 12.1 Å². The number of hydrogen-bond donors (Lipinski definition) is 1. The van der Waals surface area contributed by atoms with Crippen LogP contribution in [0.2, 0.25) is 0 Å². The van der Waals surface area contributed by atoms with Gasteiger partial charge in [-0.25, -0.2) is 4.98 Å². The number of aromatic nitrogens is 2. The molecule has 0 aliphatic heterocycles. The molecular weight excluding hydrogens is 202 g/mol. The Balaban J connectivity index is 2.39. The van der Waals surface area contributed by atoms with Crippen LogP contribution in [0.3, 0.4) is 0 Å². The van der Waals surface area contributed by atoms with Crippen molar-refractivity contribution >= 4 is 0 Å². The summed E-state index contributed by atoms with van der Waals surface area (Å²) in [5, 5.41) is 8.57. The summed E-state index contributed by atoms with van der Waals surface area (Å²) < 4.78 is 5.26. The number of ether oxygens (including phenoxy) is 1. The molecule has 0 amide bonds. The van der Waals surface area contributed by atoms with Crippen LogP contribution in [0.1, 0.15) is 5.82 Å². The average Bonchev–Trinajstić information content (AvgIpc) is 2.78. The van der Waals surface area contributed by atoms with Crippen LogP contribution in [-0.2, 0) is 6.42 Å². The van der Waals surface area contributed by atoms with Gasteiger partial charge in [-0.1, -0.05) is 12.1 Å². The molecule has 4 nitrogen and oxygen atoms in total. The third kappa shape index (κ3) is 1.89. The van der Waals surface area contributed by atoms with Gasteiger partial charge in [0, 0.05) is 5.56 Å². The van der Waals surface area contributed by atoms with E-state index in [2.05, 4.69) is 16.0 Å². The first-order valence-corrected chi connectivity index (χ1v) is 4.89. The number of methoxy groups -OCH3 is 1. The van der Waals surface area contributed by atoms with Gasteiger partial charge in [0.05, 0.1) is 31.5 Å². The Morgan fingerprint density at radius 3 is 3.00 bits per heavy atom. The Kier molecular flexibility index (Phi) is 2.88. The van der Waals surface area contributed by atoms with Crippen molar-refractivity contribution in [3.63, 3.8) is 0 Å². The Morgan fingerprint density at radius 1 is 1.44 bits per heavy atom. The number of nitrogens with one attached hydrogen (secondary N) is 1. The molecule has 0 spiro atoms. The summed E-state index contributed by atoms with van der Waals surface area (Å²) in [4.78, 5) is 7.22. The molecule has 1 aromatic heterocycles. The topological polar surface area (TPSA) is 61.7 Å². The molecular formula is C12H11N3O. The van der Waals surface area contributed by atoms with Gasteiger partial charge in [-0.2, -0.15) is 5.26 Å². The van der Waals surface area contributed by atoms with Crippen molar-refractivity contribution < 1.29 is 4.74 Å². The van der Waals surface area contributed by atoms with E-state index in [0.717, 1.165) is 17.0 Å². The zero-order valence-electron chi connectivity index (χ0n) is 8.90. The number of para-hydroxylation sites is 1. The zero-order valence-corrected chi connectivity index (χ0v) is 8.90. The second kappa shape index (κ2) is 4.49. The van der Waals surface area contributed by atoms with Gasteiger partial charge in [0.2, 0.25) is 0 Å². The summed E-state index contributed by atoms with van der Waals surface area (Å²) in [6.45, 7) is 0. The third-order valence-electron chi connectivity index (χ3n) is 2.27. The standard InChI is InChI=1S/C12H11N3O/c1-16-11-5-3-2-4-9(11)10-8-14-12(15-10)6-7-13/h2-5,8H,6H2,1H3,(H,14,15). The molecule has 0 aliphatic carbocycles. The molecule has 0 atom stereocenters. The Hall–Kier alpha value is -2.28. The highest BCUT2D eigenvalue weighted by atomic mass is 16.5. The lowest BCUT2D eigenvalue weighted by molar-refractivity contribution is 0.416. The van der Waals surface area contributed by atoms with Crippen LogP contribution in [0.5, 0.6) is 5.75 Å².